The summed E-state index contributed by atoms with van der Waals surface area (Å²) in [5.74, 6) is 0. The third-order valence-corrected chi connectivity index (χ3v) is 8.07. The van der Waals surface area contributed by atoms with Gasteiger partial charge in [0, 0.05) is 44.0 Å². The molecule has 0 amide bonds. The zero-order chi connectivity index (χ0) is 19.0. The highest BCUT2D eigenvalue weighted by Gasteiger charge is 2.40. The molecular formula is C19H31N5O2S. The van der Waals surface area contributed by atoms with Crippen LogP contribution in [0.5, 0.6) is 0 Å². The summed E-state index contributed by atoms with van der Waals surface area (Å²) < 4.78 is 29.4. The van der Waals surface area contributed by atoms with Crippen molar-refractivity contribution in [1.82, 2.24) is 10.9 Å². The number of benzene rings is 1. The van der Waals surface area contributed by atoms with Gasteiger partial charge in [-0.1, -0.05) is 0 Å². The van der Waals surface area contributed by atoms with Crippen LogP contribution < -0.4 is 25.4 Å². The van der Waals surface area contributed by atoms with Crippen LogP contribution in [0.25, 0.3) is 0 Å². The van der Waals surface area contributed by atoms with Crippen LogP contribution in [-0.2, 0) is 10.0 Å². The topological polar surface area (TPSA) is 76.7 Å². The van der Waals surface area contributed by atoms with Crippen molar-refractivity contribution in [2.45, 2.75) is 56.9 Å². The van der Waals surface area contributed by atoms with E-state index in [1.54, 1.807) is 0 Å². The minimum Gasteiger partial charge on any atom is -0.371 e. The molecule has 3 aliphatic heterocycles. The molecule has 1 aromatic rings. The molecule has 2 atom stereocenters. The van der Waals surface area contributed by atoms with E-state index >= 15 is 0 Å². The number of hydrazine groups is 1. The van der Waals surface area contributed by atoms with Crippen molar-refractivity contribution in [2.24, 2.45) is 0 Å². The SMILES string of the molecule is CC1NNC(C)C1S(=O)(=O)Nc1cc(N2CCCC2)ccc1N1CCCC1. The molecule has 150 valence electrons. The second kappa shape index (κ2) is 7.48. The lowest BCUT2D eigenvalue weighted by molar-refractivity contribution is 0.564. The van der Waals surface area contributed by atoms with Gasteiger partial charge in [0.25, 0.3) is 0 Å². The zero-order valence-electron chi connectivity index (χ0n) is 16.2. The minimum absolute atomic E-state index is 0.144. The summed E-state index contributed by atoms with van der Waals surface area (Å²) in [6, 6.07) is 5.97. The fourth-order valence-corrected chi connectivity index (χ4v) is 6.45. The van der Waals surface area contributed by atoms with Gasteiger partial charge in [-0.05, 0) is 57.7 Å². The molecule has 3 fully saturated rings. The first-order valence-electron chi connectivity index (χ1n) is 10.1. The van der Waals surface area contributed by atoms with Crippen molar-refractivity contribution in [3.8, 4) is 0 Å². The van der Waals surface area contributed by atoms with Gasteiger partial charge in [0.1, 0.15) is 5.25 Å². The highest BCUT2D eigenvalue weighted by Crippen LogP contribution is 2.35. The molecule has 2 unspecified atom stereocenters. The summed E-state index contributed by atoms with van der Waals surface area (Å²) in [4.78, 5) is 4.64. The molecule has 8 heteroatoms. The van der Waals surface area contributed by atoms with E-state index in [0.717, 1.165) is 50.4 Å². The Hall–Kier alpha value is -1.51. The van der Waals surface area contributed by atoms with Crippen molar-refractivity contribution in [3.63, 3.8) is 0 Å². The first-order chi connectivity index (χ1) is 13.0. The summed E-state index contributed by atoms with van der Waals surface area (Å²) in [5, 5.41) is -0.514. The largest absolute Gasteiger partial charge is 0.371 e. The van der Waals surface area contributed by atoms with Crippen LogP contribution in [0.15, 0.2) is 18.2 Å². The highest BCUT2D eigenvalue weighted by molar-refractivity contribution is 7.93. The molecule has 4 rings (SSSR count). The van der Waals surface area contributed by atoms with Gasteiger partial charge >= 0.3 is 0 Å². The second-order valence-corrected chi connectivity index (χ2v) is 9.91. The summed E-state index contributed by atoms with van der Waals surface area (Å²) in [6.45, 7) is 7.86. The standard InChI is InChI=1S/C19H31N5O2S/c1-14-19(15(2)21-20-14)27(25,26)22-17-13-16(23-9-3-4-10-23)7-8-18(17)24-11-5-6-12-24/h7-8,13-15,19-22H,3-6,9-12H2,1-2H3. The Balaban J connectivity index is 1.66. The predicted molar refractivity (Wildman–Crippen MR) is 111 cm³/mol. The monoisotopic (exact) mass is 393 g/mol. The van der Waals surface area contributed by atoms with Crippen molar-refractivity contribution in [2.75, 3.05) is 40.7 Å². The van der Waals surface area contributed by atoms with E-state index in [9.17, 15) is 8.42 Å². The van der Waals surface area contributed by atoms with Crippen LogP contribution in [0, 0.1) is 0 Å². The maximum Gasteiger partial charge on any atom is 0.238 e. The Labute approximate surface area is 162 Å². The third-order valence-electron chi connectivity index (χ3n) is 6.03. The predicted octanol–water partition coefficient (Wildman–Crippen LogP) is 1.88. The van der Waals surface area contributed by atoms with Gasteiger partial charge in [-0.15, -0.1) is 0 Å². The molecule has 3 N–H and O–H groups in total. The summed E-state index contributed by atoms with van der Waals surface area (Å²) in [6.07, 6.45) is 4.71. The van der Waals surface area contributed by atoms with Crippen molar-refractivity contribution >= 4 is 27.1 Å². The van der Waals surface area contributed by atoms with Crippen LogP contribution in [-0.4, -0.2) is 51.9 Å². The second-order valence-electron chi connectivity index (χ2n) is 8.07. The van der Waals surface area contributed by atoms with Gasteiger partial charge in [-0.2, -0.15) is 0 Å². The smallest absolute Gasteiger partial charge is 0.238 e. The molecule has 0 spiro atoms. The maximum absolute atomic E-state index is 13.2. The molecule has 0 saturated carbocycles. The zero-order valence-corrected chi connectivity index (χ0v) is 17.1. The van der Waals surface area contributed by atoms with E-state index in [1.807, 2.05) is 19.9 Å². The lowest BCUT2D eigenvalue weighted by atomic mass is 10.2. The molecule has 0 radical (unpaired) electrons. The normalized spacial score (nSPS) is 28.9. The number of hydrogen-bond donors (Lipinski definition) is 3. The van der Waals surface area contributed by atoms with E-state index in [2.05, 4.69) is 37.5 Å². The maximum atomic E-state index is 13.2. The highest BCUT2D eigenvalue weighted by atomic mass is 32.2. The van der Waals surface area contributed by atoms with E-state index in [0.29, 0.717) is 5.69 Å². The number of anilines is 3. The van der Waals surface area contributed by atoms with Gasteiger partial charge in [0.15, 0.2) is 0 Å². The molecule has 1 aromatic carbocycles. The average molecular weight is 394 g/mol. The van der Waals surface area contributed by atoms with E-state index in [1.165, 1.54) is 12.8 Å². The molecular weight excluding hydrogens is 362 g/mol. The number of sulfonamides is 1. The Morgan fingerprint density at radius 3 is 2.07 bits per heavy atom. The van der Waals surface area contributed by atoms with Crippen LogP contribution in [0.3, 0.4) is 0 Å². The van der Waals surface area contributed by atoms with Crippen LogP contribution in [0.2, 0.25) is 0 Å². The van der Waals surface area contributed by atoms with Crippen molar-refractivity contribution in [3.05, 3.63) is 18.2 Å². The van der Waals surface area contributed by atoms with Crippen LogP contribution in [0.1, 0.15) is 39.5 Å². The van der Waals surface area contributed by atoms with Crippen molar-refractivity contribution < 1.29 is 8.42 Å². The van der Waals surface area contributed by atoms with Crippen molar-refractivity contribution in [1.29, 1.82) is 0 Å². The molecule has 3 saturated heterocycles. The van der Waals surface area contributed by atoms with Crippen LogP contribution >= 0.6 is 0 Å². The molecule has 0 aliphatic carbocycles. The third kappa shape index (κ3) is 3.75. The molecule has 0 aromatic heterocycles. The Bertz CT molecular complexity index is 762. The Morgan fingerprint density at radius 1 is 0.926 bits per heavy atom. The van der Waals surface area contributed by atoms with Gasteiger partial charge in [-0.3, -0.25) is 15.6 Å². The molecule has 0 bridgehead atoms. The number of nitrogens with zero attached hydrogens (tertiary/aromatic N) is 2. The average Bonchev–Trinajstić information content (AvgIpc) is 3.36. The number of rotatable bonds is 5. The van der Waals surface area contributed by atoms with E-state index < -0.39 is 15.3 Å². The lowest BCUT2D eigenvalue weighted by Crippen LogP contribution is -2.41. The fourth-order valence-electron chi connectivity index (χ4n) is 4.63. The quantitative estimate of drug-likeness (QED) is 0.709. The van der Waals surface area contributed by atoms with Gasteiger partial charge in [0.2, 0.25) is 10.0 Å². The molecule has 7 nitrogen and oxygen atoms in total. The molecule has 3 heterocycles. The number of nitrogens with one attached hydrogen (secondary N) is 3. The first-order valence-corrected chi connectivity index (χ1v) is 11.7. The van der Waals surface area contributed by atoms with Gasteiger partial charge in [-0.25, -0.2) is 8.42 Å². The molecule has 3 aliphatic rings. The van der Waals surface area contributed by atoms with E-state index in [-0.39, 0.29) is 12.1 Å². The van der Waals surface area contributed by atoms with Gasteiger partial charge in [0.05, 0.1) is 11.4 Å². The minimum atomic E-state index is -3.52. The first kappa shape index (κ1) is 18.8. The summed E-state index contributed by atoms with van der Waals surface area (Å²) in [5.41, 5.74) is 8.92. The summed E-state index contributed by atoms with van der Waals surface area (Å²) in [7, 11) is -3.52. The fraction of sp³-hybridized carbons (Fsp3) is 0.684. The van der Waals surface area contributed by atoms with E-state index in [4.69, 9.17) is 0 Å². The Kier molecular flexibility index (Phi) is 5.22. The number of hydrogen-bond acceptors (Lipinski definition) is 6. The molecule has 27 heavy (non-hydrogen) atoms. The van der Waals surface area contributed by atoms with Gasteiger partial charge < -0.3 is 9.80 Å². The van der Waals surface area contributed by atoms with Crippen LogP contribution in [0.4, 0.5) is 17.1 Å². The lowest BCUT2D eigenvalue weighted by Gasteiger charge is -2.27. The summed E-state index contributed by atoms with van der Waals surface area (Å²) >= 11 is 0. The Morgan fingerprint density at radius 2 is 1.48 bits per heavy atom.